The molecule has 0 radical (unpaired) electrons. The number of rotatable bonds is 7. The molecule has 4 bridgehead atoms. The second-order valence-electron chi connectivity index (χ2n) is 9.58. The number of benzene rings is 2. The predicted molar refractivity (Wildman–Crippen MR) is 118 cm³/mol. The SMILES string of the molecule is COc1cc(/C=C/C(=O)C23CC4CC(CC(C4)C2)C3)ccc1OCc1ccccc1. The molecule has 0 aliphatic heterocycles. The van der Waals surface area contributed by atoms with Gasteiger partial charge in [0.05, 0.1) is 7.11 Å². The Balaban J connectivity index is 1.28. The first-order valence-electron chi connectivity index (χ1n) is 11.2. The first-order valence-corrected chi connectivity index (χ1v) is 11.2. The van der Waals surface area contributed by atoms with E-state index in [1.807, 2.05) is 60.7 Å². The predicted octanol–water partition coefficient (Wildman–Crippen LogP) is 6.07. The lowest BCUT2D eigenvalue weighted by molar-refractivity contribution is -0.138. The molecule has 2 aromatic rings. The van der Waals surface area contributed by atoms with E-state index in [2.05, 4.69) is 0 Å². The van der Waals surface area contributed by atoms with Crippen molar-refractivity contribution >= 4 is 11.9 Å². The highest BCUT2D eigenvalue weighted by Gasteiger charge is 2.53. The zero-order chi connectivity index (χ0) is 20.6. The molecule has 4 aliphatic carbocycles. The molecule has 30 heavy (non-hydrogen) atoms. The zero-order valence-corrected chi connectivity index (χ0v) is 17.7. The van der Waals surface area contributed by atoms with Crippen molar-refractivity contribution in [3.8, 4) is 11.5 Å². The summed E-state index contributed by atoms with van der Waals surface area (Å²) in [6, 6.07) is 16.0. The Morgan fingerprint density at radius 2 is 1.63 bits per heavy atom. The number of carbonyl (C=O) groups is 1. The van der Waals surface area contributed by atoms with Crippen LogP contribution in [0.15, 0.2) is 54.6 Å². The molecule has 0 heterocycles. The molecule has 6 rings (SSSR count). The van der Waals surface area contributed by atoms with Crippen molar-refractivity contribution in [3.05, 3.63) is 65.7 Å². The molecule has 0 N–H and O–H groups in total. The van der Waals surface area contributed by atoms with Gasteiger partial charge in [-0.05, 0) is 85.6 Å². The minimum absolute atomic E-state index is 0.0753. The van der Waals surface area contributed by atoms with Crippen LogP contribution in [0, 0.1) is 23.2 Å². The summed E-state index contributed by atoms with van der Waals surface area (Å²) in [4.78, 5) is 13.2. The van der Waals surface area contributed by atoms with Gasteiger partial charge in [0.2, 0.25) is 0 Å². The Kier molecular flexibility index (Phi) is 5.14. The molecular weight excluding hydrogens is 372 g/mol. The molecule has 0 unspecified atom stereocenters. The van der Waals surface area contributed by atoms with Crippen LogP contribution in [0.2, 0.25) is 0 Å². The second-order valence-corrected chi connectivity index (χ2v) is 9.58. The molecule has 0 spiro atoms. The normalized spacial score (nSPS) is 29.3. The highest BCUT2D eigenvalue weighted by Crippen LogP contribution is 2.60. The fourth-order valence-electron chi connectivity index (χ4n) is 6.40. The van der Waals surface area contributed by atoms with Crippen molar-refractivity contribution in [2.24, 2.45) is 23.2 Å². The van der Waals surface area contributed by atoms with Crippen molar-refractivity contribution < 1.29 is 14.3 Å². The zero-order valence-electron chi connectivity index (χ0n) is 17.7. The lowest BCUT2D eigenvalue weighted by Gasteiger charge is -2.55. The fraction of sp³-hybridized carbons (Fsp3) is 0.444. The molecule has 3 nitrogen and oxygen atoms in total. The van der Waals surface area contributed by atoms with Gasteiger partial charge < -0.3 is 9.47 Å². The lowest BCUT2D eigenvalue weighted by Crippen LogP contribution is -2.49. The Morgan fingerprint density at radius 1 is 0.967 bits per heavy atom. The van der Waals surface area contributed by atoms with Gasteiger partial charge in [0.25, 0.3) is 0 Å². The van der Waals surface area contributed by atoms with Crippen molar-refractivity contribution in [2.45, 2.75) is 45.1 Å². The van der Waals surface area contributed by atoms with Crippen LogP contribution in [0.1, 0.15) is 49.7 Å². The molecule has 4 fully saturated rings. The fourth-order valence-corrected chi connectivity index (χ4v) is 6.40. The summed E-state index contributed by atoms with van der Waals surface area (Å²) >= 11 is 0. The van der Waals surface area contributed by atoms with E-state index < -0.39 is 0 Å². The molecule has 2 aromatic carbocycles. The highest BCUT2D eigenvalue weighted by atomic mass is 16.5. The molecule has 4 saturated carbocycles. The van der Waals surface area contributed by atoms with Gasteiger partial charge in [0.1, 0.15) is 6.61 Å². The summed E-state index contributed by atoms with van der Waals surface area (Å²) in [5, 5.41) is 0. The van der Waals surface area contributed by atoms with Crippen LogP contribution in [0.3, 0.4) is 0 Å². The van der Waals surface area contributed by atoms with Crippen LogP contribution in [0.25, 0.3) is 6.08 Å². The van der Waals surface area contributed by atoms with E-state index in [9.17, 15) is 4.79 Å². The Hall–Kier alpha value is -2.55. The molecular formula is C27H30O3. The van der Waals surface area contributed by atoms with E-state index in [1.165, 1.54) is 19.3 Å². The van der Waals surface area contributed by atoms with Crippen LogP contribution >= 0.6 is 0 Å². The van der Waals surface area contributed by atoms with Crippen LogP contribution in [-0.4, -0.2) is 12.9 Å². The lowest BCUT2D eigenvalue weighted by atomic mass is 9.48. The smallest absolute Gasteiger partial charge is 0.161 e. The van der Waals surface area contributed by atoms with Crippen LogP contribution in [0.4, 0.5) is 0 Å². The minimum Gasteiger partial charge on any atom is -0.493 e. The van der Waals surface area contributed by atoms with Gasteiger partial charge in [-0.2, -0.15) is 0 Å². The summed E-state index contributed by atoms with van der Waals surface area (Å²) in [6.45, 7) is 0.497. The summed E-state index contributed by atoms with van der Waals surface area (Å²) in [6.07, 6.45) is 11.2. The molecule has 0 saturated heterocycles. The summed E-state index contributed by atoms with van der Waals surface area (Å²) in [5.41, 5.74) is 2.01. The average molecular weight is 403 g/mol. The topological polar surface area (TPSA) is 35.5 Å². The maximum Gasteiger partial charge on any atom is 0.161 e. The monoisotopic (exact) mass is 402 g/mol. The number of hydrogen-bond acceptors (Lipinski definition) is 3. The number of methoxy groups -OCH3 is 1. The van der Waals surface area contributed by atoms with Gasteiger partial charge in [-0.25, -0.2) is 0 Å². The standard InChI is InChI=1S/C27H30O3/c1-29-25-14-19(7-9-24(25)30-18-20-5-3-2-4-6-20)8-10-26(28)27-15-21-11-22(16-27)13-23(12-21)17-27/h2-10,14,21-23H,11-13,15-18H2,1H3/b10-8+. The Morgan fingerprint density at radius 3 is 2.27 bits per heavy atom. The summed E-state index contributed by atoms with van der Waals surface area (Å²) in [7, 11) is 1.65. The number of carbonyl (C=O) groups excluding carboxylic acids is 1. The third-order valence-corrected chi connectivity index (χ3v) is 7.41. The molecule has 3 heteroatoms. The number of ketones is 1. The number of hydrogen-bond donors (Lipinski definition) is 0. The molecule has 4 aliphatic rings. The van der Waals surface area contributed by atoms with Crippen molar-refractivity contribution in [3.63, 3.8) is 0 Å². The second kappa shape index (κ2) is 7.94. The molecule has 0 atom stereocenters. The van der Waals surface area contributed by atoms with Gasteiger partial charge in [-0.15, -0.1) is 0 Å². The molecule has 156 valence electrons. The highest BCUT2D eigenvalue weighted by molar-refractivity contribution is 5.98. The van der Waals surface area contributed by atoms with E-state index in [0.29, 0.717) is 23.9 Å². The maximum atomic E-state index is 13.2. The van der Waals surface area contributed by atoms with Gasteiger partial charge in [-0.1, -0.05) is 42.5 Å². The van der Waals surface area contributed by atoms with E-state index >= 15 is 0 Å². The van der Waals surface area contributed by atoms with E-state index in [1.54, 1.807) is 7.11 Å². The third-order valence-electron chi connectivity index (χ3n) is 7.41. The number of allylic oxidation sites excluding steroid dienone is 1. The largest absolute Gasteiger partial charge is 0.493 e. The first kappa shape index (κ1) is 19.4. The van der Waals surface area contributed by atoms with Crippen molar-refractivity contribution in [1.29, 1.82) is 0 Å². The van der Waals surface area contributed by atoms with Gasteiger partial charge in [0.15, 0.2) is 17.3 Å². The Labute approximate surface area is 179 Å². The van der Waals surface area contributed by atoms with Crippen LogP contribution in [-0.2, 0) is 11.4 Å². The molecule has 0 amide bonds. The summed E-state index contributed by atoms with van der Waals surface area (Å²) < 4.78 is 11.5. The third kappa shape index (κ3) is 3.78. The van der Waals surface area contributed by atoms with Crippen molar-refractivity contribution in [2.75, 3.05) is 7.11 Å². The first-order chi connectivity index (χ1) is 14.6. The van der Waals surface area contributed by atoms with Gasteiger partial charge in [-0.3, -0.25) is 4.79 Å². The van der Waals surface area contributed by atoms with Gasteiger partial charge in [0, 0.05) is 5.41 Å². The van der Waals surface area contributed by atoms with E-state index in [0.717, 1.165) is 48.1 Å². The van der Waals surface area contributed by atoms with Crippen molar-refractivity contribution in [1.82, 2.24) is 0 Å². The van der Waals surface area contributed by atoms with Gasteiger partial charge >= 0.3 is 0 Å². The van der Waals surface area contributed by atoms with Crippen LogP contribution in [0.5, 0.6) is 11.5 Å². The summed E-state index contributed by atoms with van der Waals surface area (Å²) in [5.74, 6) is 4.10. The molecule has 0 aromatic heterocycles. The average Bonchev–Trinajstić information content (AvgIpc) is 2.76. The number of ether oxygens (including phenoxy) is 2. The minimum atomic E-state index is -0.0753. The Bertz CT molecular complexity index is 909. The van der Waals surface area contributed by atoms with Crippen LogP contribution < -0.4 is 9.47 Å². The maximum absolute atomic E-state index is 13.2. The van der Waals surface area contributed by atoms with E-state index in [4.69, 9.17) is 9.47 Å². The quantitative estimate of drug-likeness (QED) is 0.527. The van der Waals surface area contributed by atoms with E-state index in [-0.39, 0.29) is 5.41 Å².